The van der Waals surface area contributed by atoms with Crippen molar-refractivity contribution in [3.63, 3.8) is 0 Å². The van der Waals surface area contributed by atoms with E-state index in [2.05, 4.69) is 16.0 Å². The van der Waals surface area contributed by atoms with Gasteiger partial charge in [0.2, 0.25) is 0 Å². The van der Waals surface area contributed by atoms with Crippen LogP contribution < -0.4 is 0 Å². The Morgan fingerprint density at radius 3 is 2.60 bits per heavy atom. The molecule has 0 saturated carbocycles. The third kappa shape index (κ3) is 3.19. The number of nitriles is 1. The van der Waals surface area contributed by atoms with Crippen LogP contribution in [0.4, 0.5) is 0 Å². The summed E-state index contributed by atoms with van der Waals surface area (Å²) in [6.45, 7) is 1.89. The van der Waals surface area contributed by atoms with Crippen molar-refractivity contribution in [3.8, 4) is 23.2 Å². The van der Waals surface area contributed by atoms with Gasteiger partial charge in [0, 0.05) is 11.8 Å². The van der Waals surface area contributed by atoms with Crippen molar-refractivity contribution in [1.82, 2.24) is 19.7 Å². The molecule has 0 spiro atoms. The highest BCUT2D eigenvalue weighted by Gasteiger charge is 2.16. The van der Waals surface area contributed by atoms with Crippen LogP contribution in [0.1, 0.15) is 17.1 Å². The van der Waals surface area contributed by atoms with Gasteiger partial charge < -0.3 is 9.40 Å². The lowest BCUT2D eigenvalue weighted by molar-refractivity contribution is 0.545. The zero-order valence-corrected chi connectivity index (χ0v) is 16.2. The number of imidazole rings is 1. The summed E-state index contributed by atoms with van der Waals surface area (Å²) < 4.78 is 7.60. The van der Waals surface area contributed by atoms with Crippen molar-refractivity contribution in [1.29, 1.82) is 5.26 Å². The summed E-state index contributed by atoms with van der Waals surface area (Å²) in [4.78, 5) is 7.77. The number of furan rings is 1. The number of allylic oxidation sites excluding steroid dienone is 1. The Balaban J connectivity index is 1.66. The Bertz CT molecular complexity index is 1380. The molecule has 0 atom stereocenters. The number of hydrogen-bond acceptors (Lipinski definition) is 4. The van der Waals surface area contributed by atoms with Crippen molar-refractivity contribution in [2.24, 2.45) is 0 Å². The first kappa shape index (κ1) is 17.7. The van der Waals surface area contributed by atoms with E-state index in [1.54, 1.807) is 10.8 Å². The van der Waals surface area contributed by atoms with Crippen molar-refractivity contribution in [2.45, 2.75) is 6.92 Å². The van der Waals surface area contributed by atoms with E-state index in [-0.39, 0.29) is 0 Å². The van der Waals surface area contributed by atoms with Crippen molar-refractivity contribution >= 4 is 22.7 Å². The third-order valence-electron chi connectivity index (χ3n) is 4.80. The first-order valence-electron chi connectivity index (χ1n) is 9.50. The Hall–Kier alpha value is -4.37. The van der Waals surface area contributed by atoms with Crippen LogP contribution in [0.25, 0.3) is 39.8 Å². The highest BCUT2D eigenvalue weighted by molar-refractivity contribution is 5.92. The van der Waals surface area contributed by atoms with Crippen LogP contribution in [0, 0.1) is 18.3 Å². The van der Waals surface area contributed by atoms with E-state index >= 15 is 0 Å². The number of aromatic nitrogens is 4. The number of fused-ring (bicyclic) bond motifs is 1. The first-order valence-corrected chi connectivity index (χ1v) is 9.50. The van der Waals surface area contributed by atoms with E-state index in [9.17, 15) is 5.26 Å². The third-order valence-corrected chi connectivity index (χ3v) is 4.80. The minimum atomic E-state index is 0.420. The molecule has 0 aliphatic carbocycles. The molecule has 2 aromatic carbocycles. The molecule has 30 heavy (non-hydrogen) atoms. The highest BCUT2D eigenvalue weighted by Crippen LogP contribution is 2.29. The maximum Gasteiger partial charge on any atom is 0.155 e. The summed E-state index contributed by atoms with van der Waals surface area (Å²) in [6, 6.07) is 23.6. The Morgan fingerprint density at radius 2 is 1.87 bits per heavy atom. The van der Waals surface area contributed by atoms with Crippen LogP contribution >= 0.6 is 0 Å². The molecule has 0 saturated heterocycles. The second kappa shape index (κ2) is 7.22. The van der Waals surface area contributed by atoms with Crippen LogP contribution in [-0.2, 0) is 0 Å². The lowest BCUT2D eigenvalue weighted by Gasteiger charge is -1.98. The van der Waals surface area contributed by atoms with E-state index < -0.39 is 0 Å². The predicted octanol–water partition coefficient (Wildman–Crippen LogP) is 5.38. The van der Waals surface area contributed by atoms with Crippen LogP contribution in [-0.4, -0.2) is 19.7 Å². The number of aryl methyl sites for hydroxylation is 1. The Morgan fingerprint density at radius 1 is 1.07 bits per heavy atom. The van der Waals surface area contributed by atoms with Gasteiger partial charge in [-0.2, -0.15) is 10.4 Å². The van der Waals surface area contributed by atoms with Crippen molar-refractivity contribution < 1.29 is 4.42 Å². The van der Waals surface area contributed by atoms with Crippen LogP contribution in [0.2, 0.25) is 0 Å². The summed E-state index contributed by atoms with van der Waals surface area (Å²) in [5.41, 5.74) is 4.47. The SMILES string of the molecule is Cc1ccc(-c2nn(-c3ccccc3)cc2/C=C(/C#N)c2nc3ccccc3[nH]2)o1. The minimum absolute atomic E-state index is 0.420. The van der Waals surface area contributed by atoms with E-state index in [0.29, 0.717) is 22.9 Å². The number of H-pyrrole nitrogens is 1. The second-order valence-corrected chi connectivity index (χ2v) is 6.90. The normalized spacial score (nSPS) is 11.7. The first-order chi connectivity index (χ1) is 14.7. The number of nitrogens with one attached hydrogen (secondary N) is 1. The van der Waals surface area contributed by atoms with Crippen LogP contribution in [0.3, 0.4) is 0 Å². The number of hydrogen-bond donors (Lipinski definition) is 1. The molecule has 6 nitrogen and oxygen atoms in total. The lowest BCUT2D eigenvalue weighted by Crippen LogP contribution is -1.93. The molecular weight excluding hydrogens is 374 g/mol. The average molecular weight is 391 g/mol. The van der Waals surface area contributed by atoms with E-state index in [0.717, 1.165) is 28.0 Å². The van der Waals surface area contributed by atoms with E-state index in [4.69, 9.17) is 9.52 Å². The van der Waals surface area contributed by atoms with Gasteiger partial charge in [-0.3, -0.25) is 0 Å². The molecule has 1 N–H and O–H groups in total. The van der Waals surface area contributed by atoms with Gasteiger partial charge in [0.25, 0.3) is 0 Å². The molecule has 0 amide bonds. The van der Waals surface area contributed by atoms with E-state index in [1.165, 1.54) is 0 Å². The zero-order chi connectivity index (χ0) is 20.5. The van der Waals surface area contributed by atoms with Gasteiger partial charge in [-0.15, -0.1) is 0 Å². The van der Waals surface area contributed by atoms with Crippen LogP contribution in [0.5, 0.6) is 0 Å². The summed E-state index contributed by atoms with van der Waals surface area (Å²) >= 11 is 0. The smallest absolute Gasteiger partial charge is 0.155 e. The molecule has 3 aromatic heterocycles. The molecule has 0 aliphatic heterocycles. The molecule has 6 heteroatoms. The molecule has 0 bridgehead atoms. The molecule has 144 valence electrons. The quantitative estimate of drug-likeness (QED) is 0.417. The summed E-state index contributed by atoms with van der Waals surface area (Å²) in [5.74, 6) is 1.97. The van der Waals surface area contributed by atoms with Crippen molar-refractivity contribution in [3.05, 3.63) is 90.1 Å². The largest absolute Gasteiger partial charge is 0.460 e. The standard InChI is InChI=1S/C24H17N5O/c1-16-11-12-22(30-16)23-18(15-29(28-23)19-7-3-2-4-8-19)13-17(14-25)24-26-20-9-5-6-10-21(20)27-24/h2-13,15H,1H3,(H,26,27)/b17-13-. The summed E-state index contributed by atoms with van der Waals surface area (Å²) in [7, 11) is 0. The fourth-order valence-corrected chi connectivity index (χ4v) is 3.35. The number of rotatable bonds is 4. The monoisotopic (exact) mass is 391 g/mol. The molecule has 5 rings (SSSR count). The predicted molar refractivity (Wildman–Crippen MR) is 116 cm³/mol. The molecule has 0 radical (unpaired) electrons. The number of aromatic amines is 1. The van der Waals surface area contributed by atoms with Gasteiger partial charge in [0.05, 0.1) is 22.3 Å². The molecule has 0 unspecified atom stereocenters. The Kier molecular flexibility index (Phi) is 4.26. The minimum Gasteiger partial charge on any atom is -0.460 e. The highest BCUT2D eigenvalue weighted by atomic mass is 16.3. The van der Waals surface area contributed by atoms with E-state index in [1.807, 2.05) is 79.9 Å². The average Bonchev–Trinajstić information content (AvgIpc) is 3.50. The van der Waals surface area contributed by atoms with Crippen molar-refractivity contribution in [2.75, 3.05) is 0 Å². The second-order valence-electron chi connectivity index (χ2n) is 6.90. The number of benzene rings is 2. The fraction of sp³-hybridized carbons (Fsp3) is 0.0417. The molecule has 0 aliphatic rings. The number of para-hydroxylation sites is 3. The van der Waals surface area contributed by atoms with Gasteiger partial charge in [-0.1, -0.05) is 30.3 Å². The summed E-state index contributed by atoms with van der Waals surface area (Å²) in [6.07, 6.45) is 3.68. The van der Waals surface area contributed by atoms with Gasteiger partial charge in [-0.05, 0) is 49.4 Å². The maximum atomic E-state index is 9.83. The zero-order valence-electron chi connectivity index (χ0n) is 16.2. The maximum absolute atomic E-state index is 9.83. The topological polar surface area (TPSA) is 83.4 Å². The van der Waals surface area contributed by atoms with Gasteiger partial charge in [0.15, 0.2) is 5.76 Å². The van der Waals surface area contributed by atoms with Gasteiger partial charge in [0.1, 0.15) is 23.3 Å². The molecular formula is C24H17N5O. The van der Waals surface area contributed by atoms with Gasteiger partial charge >= 0.3 is 0 Å². The molecule has 3 heterocycles. The molecule has 0 fully saturated rings. The summed E-state index contributed by atoms with van der Waals surface area (Å²) in [5, 5.41) is 14.6. The van der Waals surface area contributed by atoms with Crippen LogP contribution in [0.15, 0.2) is 77.3 Å². The fourth-order valence-electron chi connectivity index (χ4n) is 3.35. The lowest BCUT2D eigenvalue weighted by atomic mass is 10.1. The molecule has 5 aromatic rings. The number of nitrogens with zero attached hydrogens (tertiary/aromatic N) is 4. The van der Waals surface area contributed by atoms with Gasteiger partial charge in [-0.25, -0.2) is 9.67 Å². The Labute approximate surface area is 172 Å².